The van der Waals surface area contributed by atoms with Crippen LogP contribution in [0.2, 0.25) is 0 Å². The van der Waals surface area contributed by atoms with Gasteiger partial charge in [-0.1, -0.05) is 5.16 Å². The summed E-state index contributed by atoms with van der Waals surface area (Å²) in [6.45, 7) is 1.16. The second-order valence-corrected chi connectivity index (χ2v) is 3.11. The van der Waals surface area contributed by atoms with Gasteiger partial charge in [0.2, 0.25) is 0 Å². The number of carbonyl (C=O) groups is 2. The second kappa shape index (κ2) is 4.44. The van der Waals surface area contributed by atoms with Crippen LogP contribution in [0.25, 0.3) is 0 Å². The van der Waals surface area contributed by atoms with E-state index in [1.54, 1.807) is 5.32 Å². The summed E-state index contributed by atoms with van der Waals surface area (Å²) in [5.74, 6) is -3.58. The quantitative estimate of drug-likeness (QED) is 0.840. The van der Waals surface area contributed by atoms with Crippen LogP contribution in [0.15, 0.2) is 10.8 Å². The highest BCUT2D eigenvalue weighted by Crippen LogP contribution is 2.20. The first-order valence-electron chi connectivity index (χ1n) is 4.28. The molecule has 1 heterocycles. The van der Waals surface area contributed by atoms with Gasteiger partial charge >= 0.3 is 18.1 Å². The van der Waals surface area contributed by atoms with Gasteiger partial charge in [-0.25, -0.2) is 4.79 Å². The van der Waals surface area contributed by atoms with Gasteiger partial charge in [-0.2, -0.15) is 13.2 Å². The maximum absolute atomic E-state index is 11.9. The fourth-order valence-corrected chi connectivity index (χ4v) is 1.06. The maximum atomic E-state index is 11.9. The number of carboxylic acids is 1. The Bertz CT molecular complexity index is 440. The zero-order chi connectivity index (χ0) is 13.2. The molecule has 0 aromatic carbocycles. The Morgan fingerprint density at radius 2 is 2.12 bits per heavy atom. The number of hydrogen-bond donors (Lipinski definition) is 2. The minimum Gasteiger partial charge on any atom is -0.478 e. The van der Waals surface area contributed by atoms with Crippen molar-refractivity contribution in [1.29, 1.82) is 0 Å². The molecule has 1 aromatic rings. The summed E-state index contributed by atoms with van der Waals surface area (Å²) in [4.78, 5) is 21.2. The number of nitrogens with one attached hydrogen (secondary N) is 1. The lowest BCUT2D eigenvalue weighted by Gasteiger charge is -2.13. The van der Waals surface area contributed by atoms with Crippen LogP contribution in [0.4, 0.5) is 13.2 Å². The summed E-state index contributed by atoms with van der Waals surface area (Å²) in [6.07, 6.45) is -4.27. The number of aromatic nitrogens is 1. The highest BCUT2D eigenvalue weighted by Gasteiger charge is 2.40. The molecule has 0 saturated heterocycles. The van der Waals surface area contributed by atoms with Gasteiger partial charge in [0, 0.05) is 0 Å². The number of nitrogens with zero attached hydrogens (tertiary/aromatic N) is 1. The van der Waals surface area contributed by atoms with Crippen molar-refractivity contribution in [3.8, 4) is 0 Å². The number of rotatable bonds is 3. The fraction of sp³-hybridized carbons (Fsp3) is 0.375. The van der Waals surface area contributed by atoms with E-state index < -0.39 is 29.7 Å². The number of alkyl halides is 3. The van der Waals surface area contributed by atoms with Crippen molar-refractivity contribution in [1.82, 2.24) is 10.5 Å². The number of halogens is 3. The van der Waals surface area contributed by atoms with E-state index in [4.69, 9.17) is 5.11 Å². The van der Waals surface area contributed by atoms with E-state index in [0.29, 0.717) is 0 Å². The van der Waals surface area contributed by atoms with E-state index in [9.17, 15) is 22.8 Å². The Balaban J connectivity index is 2.84. The molecule has 0 fully saturated rings. The zero-order valence-corrected chi connectivity index (χ0v) is 8.41. The standard InChI is InChI=1S/C8H7F3N2O4/c1-3(12-7(16)8(9,10)11)5-4(6(14)15)2-17-13-5/h2-3H,1H3,(H,12,16)(H,14,15). The zero-order valence-electron chi connectivity index (χ0n) is 8.41. The third kappa shape index (κ3) is 2.95. The van der Waals surface area contributed by atoms with Gasteiger partial charge in [0.05, 0.1) is 6.04 Å². The van der Waals surface area contributed by atoms with Crippen LogP contribution in [0.3, 0.4) is 0 Å². The average Bonchev–Trinajstić information content (AvgIpc) is 2.63. The molecule has 0 spiro atoms. The predicted molar refractivity (Wildman–Crippen MR) is 46.1 cm³/mol. The van der Waals surface area contributed by atoms with Crippen molar-refractivity contribution in [3.05, 3.63) is 17.5 Å². The molecule has 1 amide bonds. The Kier molecular flexibility index (Phi) is 3.39. The topological polar surface area (TPSA) is 92.4 Å². The van der Waals surface area contributed by atoms with E-state index in [1.165, 1.54) is 0 Å². The first-order chi connectivity index (χ1) is 7.73. The molecule has 0 aliphatic heterocycles. The Morgan fingerprint density at radius 3 is 2.59 bits per heavy atom. The van der Waals surface area contributed by atoms with Gasteiger partial charge in [-0.3, -0.25) is 4.79 Å². The summed E-state index contributed by atoms with van der Waals surface area (Å²) in [5, 5.41) is 13.5. The summed E-state index contributed by atoms with van der Waals surface area (Å²) >= 11 is 0. The largest absolute Gasteiger partial charge is 0.478 e. The first kappa shape index (κ1) is 13.0. The highest BCUT2D eigenvalue weighted by atomic mass is 19.4. The Hall–Kier alpha value is -2.06. The number of amides is 1. The minimum atomic E-state index is -5.04. The van der Waals surface area contributed by atoms with Gasteiger partial charge in [0.1, 0.15) is 17.5 Å². The normalized spacial score (nSPS) is 13.2. The molecule has 0 aliphatic rings. The molecular weight excluding hydrogens is 245 g/mol. The SMILES string of the molecule is CC(NC(=O)C(F)(F)F)c1nocc1C(=O)O. The van der Waals surface area contributed by atoms with Crippen molar-refractivity contribution in [3.63, 3.8) is 0 Å². The van der Waals surface area contributed by atoms with Gasteiger partial charge in [-0.05, 0) is 6.92 Å². The number of carbonyl (C=O) groups excluding carboxylic acids is 1. The summed E-state index contributed by atoms with van der Waals surface area (Å²) in [6, 6.07) is -1.23. The van der Waals surface area contributed by atoms with Crippen LogP contribution >= 0.6 is 0 Å². The molecule has 1 rings (SSSR count). The van der Waals surface area contributed by atoms with Crippen LogP contribution < -0.4 is 5.32 Å². The summed E-state index contributed by atoms with van der Waals surface area (Å²) < 4.78 is 40.1. The number of carboxylic acid groups (broad SMARTS) is 1. The molecule has 0 radical (unpaired) electrons. The van der Waals surface area contributed by atoms with Crippen molar-refractivity contribution in [2.24, 2.45) is 0 Å². The van der Waals surface area contributed by atoms with E-state index >= 15 is 0 Å². The molecule has 0 saturated carbocycles. The van der Waals surface area contributed by atoms with E-state index in [2.05, 4.69) is 9.68 Å². The van der Waals surface area contributed by atoms with Crippen molar-refractivity contribution < 1.29 is 32.4 Å². The molecule has 1 aromatic heterocycles. The maximum Gasteiger partial charge on any atom is 0.471 e. The molecule has 6 nitrogen and oxygen atoms in total. The molecule has 1 unspecified atom stereocenters. The predicted octanol–water partition coefficient (Wildman–Crippen LogP) is 1.11. The first-order valence-corrected chi connectivity index (χ1v) is 4.28. The second-order valence-electron chi connectivity index (χ2n) is 3.11. The Morgan fingerprint density at radius 1 is 1.53 bits per heavy atom. The fourth-order valence-electron chi connectivity index (χ4n) is 1.06. The summed E-state index contributed by atoms with van der Waals surface area (Å²) in [5.41, 5.74) is -0.685. The minimum absolute atomic E-state index is 0.282. The van der Waals surface area contributed by atoms with Crippen LogP contribution in [0.1, 0.15) is 29.0 Å². The lowest BCUT2D eigenvalue weighted by molar-refractivity contribution is -0.174. The molecule has 2 N–H and O–H groups in total. The molecule has 1 atom stereocenters. The summed E-state index contributed by atoms with van der Waals surface area (Å²) in [7, 11) is 0. The number of aromatic carboxylic acids is 1. The van der Waals surface area contributed by atoms with E-state index in [-0.39, 0.29) is 5.69 Å². The monoisotopic (exact) mass is 252 g/mol. The highest BCUT2D eigenvalue weighted by molar-refractivity contribution is 5.89. The van der Waals surface area contributed by atoms with Gasteiger partial charge in [0.25, 0.3) is 0 Å². The Labute approximate surface area is 92.4 Å². The lowest BCUT2D eigenvalue weighted by atomic mass is 10.1. The molecule has 0 bridgehead atoms. The lowest BCUT2D eigenvalue weighted by Crippen LogP contribution is -2.38. The smallest absolute Gasteiger partial charge is 0.471 e. The third-order valence-corrected chi connectivity index (χ3v) is 1.84. The van der Waals surface area contributed by atoms with Crippen molar-refractivity contribution in [2.75, 3.05) is 0 Å². The van der Waals surface area contributed by atoms with Crippen molar-refractivity contribution >= 4 is 11.9 Å². The third-order valence-electron chi connectivity index (χ3n) is 1.84. The molecule has 94 valence electrons. The number of hydrogen-bond acceptors (Lipinski definition) is 4. The van der Waals surface area contributed by atoms with Crippen LogP contribution in [0, 0.1) is 0 Å². The van der Waals surface area contributed by atoms with Crippen LogP contribution in [0.5, 0.6) is 0 Å². The average molecular weight is 252 g/mol. The van der Waals surface area contributed by atoms with Crippen molar-refractivity contribution in [2.45, 2.75) is 19.1 Å². The van der Waals surface area contributed by atoms with E-state index in [1.807, 2.05) is 0 Å². The molecule has 0 aliphatic carbocycles. The molecular formula is C8H7F3N2O4. The van der Waals surface area contributed by atoms with E-state index in [0.717, 1.165) is 13.2 Å². The molecule has 17 heavy (non-hydrogen) atoms. The van der Waals surface area contributed by atoms with Gasteiger partial charge < -0.3 is 14.9 Å². The van der Waals surface area contributed by atoms with Crippen LogP contribution in [-0.4, -0.2) is 28.3 Å². The van der Waals surface area contributed by atoms with Gasteiger partial charge in [-0.15, -0.1) is 0 Å². The van der Waals surface area contributed by atoms with Crippen LogP contribution in [-0.2, 0) is 4.79 Å². The molecule has 9 heteroatoms. The van der Waals surface area contributed by atoms with Gasteiger partial charge in [0.15, 0.2) is 0 Å².